The summed E-state index contributed by atoms with van der Waals surface area (Å²) in [6, 6.07) is 11.7. The number of aromatic nitrogens is 2. The zero-order valence-electron chi connectivity index (χ0n) is 12.7. The second-order valence-electron chi connectivity index (χ2n) is 5.19. The van der Waals surface area contributed by atoms with Gasteiger partial charge in [0.1, 0.15) is 11.5 Å². The van der Waals surface area contributed by atoms with Crippen molar-refractivity contribution in [1.82, 2.24) is 14.5 Å². The predicted molar refractivity (Wildman–Crippen MR) is 92.6 cm³/mol. The third-order valence-electron chi connectivity index (χ3n) is 3.38. The van der Waals surface area contributed by atoms with Crippen LogP contribution in [0, 0.1) is 5.82 Å². The van der Waals surface area contributed by atoms with E-state index < -0.39 is 15.8 Å². The number of rotatable bonds is 7. The molecule has 2 heterocycles. The summed E-state index contributed by atoms with van der Waals surface area (Å²) in [5, 5.41) is 6.38. The quantitative estimate of drug-likeness (QED) is 0.700. The maximum Gasteiger partial charge on any atom is 0.215 e. The van der Waals surface area contributed by atoms with Crippen molar-refractivity contribution < 1.29 is 12.8 Å². The van der Waals surface area contributed by atoms with E-state index >= 15 is 0 Å². The van der Waals surface area contributed by atoms with Crippen LogP contribution in [0.25, 0.3) is 10.6 Å². The van der Waals surface area contributed by atoms with Crippen molar-refractivity contribution in [2.24, 2.45) is 0 Å². The first-order valence-corrected chi connectivity index (χ1v) is 9.85. The third-order valence-corrected chi connectivity index (χ3v) is 5.61. The molecule has 126 valence electrons. The van der Waals surface area contributed by atoms with Crippen LogP contribution in [-0.4, -0.2) is 24.7 Å². The number of halogens is 1. The first-order chi connectivity index (χ1) is 11.5. The number of thiophene rings is 1. The maximum atomic E-state index is 13.5. The second kappa shape index (κ2) is 7.25. The molecule has 0 fully saturated rings. The molecular formula is C16H16FN3O2S2. The Morgan fingerprint density at radius 1 is 1.17 bits per heavy atom. The molecule has 0 aliphatic heterocycles. The van der Waals surface area contributed by atoms with Crippen molar-refractivity contribution in [1.29, 1.82) is 0 Å². The molecule has 0 aliphatic rings. The highest BCUT2D eigenvalue weighted by molar-refractivity contribution is 7.88. The monoisotopic (exact) mass is 365 g/mol. The van der Waals surface area contributed by atoms with E-state index in [9.17, 15) is 12.8 Å². The fourth-order valence-corrected chi connectivity index (χ4v) is 4.07. The summed E-state index contributed by atoms with van der Waals surface area (Å²) in [6.07, 6.45) is 1.81. The minimum atomic E-state index is -3.59. The van der Waals surface area contributed by atoms with Crippen molar-refractivity contribution in [3.05, 3.63) is 65.4 Å². The van der Waals surface area contributed by atoms with Crippen molar-refractivity contribution in [3.8, 4) is 10.6 Å². The van der Waals surface area contributed by atoms with Gasteiger partial charge < -0.3 is 0 Å². The van der Waals surface area contributed by atoms with Gasteiger partial charge in [0.05, 0.1) is 17.2 Å². The van der Waals surface area contributed by atoms with Crippen LogP contribution in [0.5, 0.6) is 0 Å². The van der Waals surface area contributed by atoms with Gasteiger partial charge in [0.25, 0.3) is 0 Å². The highest BCUT2D eigenvalue weighted by Crippen LogP contribution is 2.22. The molecule has 0 saturated carbocycles. The van der Waals surface area contributed by atoms with E-state index in [1.165, 1.54) is 18.2 Å². The smallest absolute Gasteiger partial charge is 0.215 e. The number of nitrogens with zero attached hydrogens (tertiary/aromatic N) is 2. The van der Waals surface area contributed by atoms with Crippen LogP contribution in [0.3, 0.4) is 0 Å². The second-order valence-corrected chi connectivity index (χ2v) is 7.94. The minimum absolute atomic E-state index is 0.157. The molecule has 0 radical (unpaired) electrons. The molecule has 1 aromatic carbocycles. The predicted octanol–water partition coefficient (Wildman–Crippen LogP) is 2.87. The normalized spacial score (nSPS) is 11.7. The van der Waals surface area contributed by atoms with Crippen LogP contribution < -0.4 is 4.72 Å². The fraction of sp³-hybridized carbons (Fsp3) is 0.188. The summed E-state index contributed by atoms with van der Waals surface area (Å²) in [7, 11) is -3.59. The van der Waals surface area contributed by atoms with Gasteiger partial charge in [0.2, 0.25) is 10.0 Å². The fourth-order valence-electron chi connectivity index (χ4n) is 2.23. The molecule has 0 atom stereocenters. The van der Waals surface area contributed by atoms with Crippen molar-refractivity contribution in [2.45, 2.75) is 12.3 Å². The van der Waals surface area contributed by atoms with Gasteiger partial charge in [-0.3, -0.25) is 4.68 Å². The molecule has 5 nitrogen and oxygen atoms in total. The lowest BCUT2D eigenvalue weighted by Gasteiger charge is -2.07. The zero-order chi connectivity index (χ0) is 17.0. The SMILES string of the molecule is O=S(=O)(Cc1ccccc1F)NCCn1ccc(-c2cccs2)n1. The first-order valence-electron chi connectivity index (χ1n) is 7.31. The number of sulfonamides is 1. The molecule has 3 aromatic rings. The molecule has 2 aromatic heterocycles. The minimum Gasteiger partial charge on any atom is -0.271 e. The van der Waals surface area contributed by atoms with Crippen molar-refractivity contribution in [3.63, 3.8) is 0 Å². The van der Waals surface area contributed by atoms with Gasteiger partial charge >= 0.3 is 0 Å². The van der Waals surface area contributed by atoms with Gasteiger partial charge in [-0.25, -0.2) is 17.5 Å². The van der Waals surface area contributed by atoms with E-state index in [1.807, 2.05) is 23.6 Å². The van der Waals surface area contributed by atoms with Gasteiger partial charge in [-0.2, -0.15) is 5.10 Å². The highest BCUT2D eigenvalue weighted by Gasteiger charge is 2.14. The molecule has 8 heteroatoms. The van der Waals surface area contributed by atoms with E-state index in [1.54, 1.807) is 28.3 Å². The van der Waals surface area contributed by atoms with Crippen molar-refractivity contribution >= 4 is 21.4 Å². The number of nitrogens with one attached hydrogen (secondary N) is 1. The lowest BCUT2D eigenvalue weighted by atomic mass is 10.2. The number of benzene rings is 1. The first kappa shape index (κ1) is 16.8. The summed E-state index contributed by atoms with van der Waals surface area (Å²) in [5.74, 6) is -0.894. The lowest BCUT2D eigenvalue weighted by molar-refractivity contribution is 0.557. The summed E-state index contributed by atoms with van der Waals surface area (Å²) in [4.78, 5) is 1.06. The third kappa shape index (κ3) is 4.28. The van der Waals surface area contributed by atoms with Gasteiger partial charge in [-0.1, -0.05) is 24.3 Å². The molecule has 1 N–H and O–H groups in total. The molecule has 0 unspecified atom stereocenters. The van der Waals surface area contributed by atoms with Gasteiger partial charge in [-0.05, 0) is 23.6 Å². The molecule has 0 saturated heterocycles. The summed E-state index contributed by atoms with van der Waals surface area (Å²) < 4.78 is 41.8. The summed E-state index contributed by atoms with van der Waals surface area (Å²) >= 11 is 1.60. The van der Waals surface area contributed by atoms with E-state index in [-0.39, 0.29) is 17.9 Å². The number of hydrogen-bond donors (Lipinski definition) is 1. The molecule has 0 bridgehead atoms. The Balaban J connectivity index is 1.55. The van der Waals surface area contributed by atoms with Crippen LogP contribution in [0.1, 0.15) is 5.56 Å². The average Bonchev–Trinajstić information content (AvgIpc) is 3.20. The van der Waals surface area contributed by atoms with E-state index in [2.05, 4.69) is 9.82 Å². The van der Waals surface area contributed by atoms with Gasteiger partial charge in [-0.15, -0.1) is 11.3 Å². The Morgan fingerprint density at radius 3 is 2.75 bits per heavy atom. The Morgan fingerprint density at radius 2 is 2.00 bits per heavy atom. The highest BCUT2D eigenvalue weighted by atomic mass is 32.2. The molecule has 24 heavy (non-hydrogen) atoms. The topological polar surface area (TPSA) is 64.0 Å². The Bertz CT molecular complexity index is 905. The van der Waals surface area contributed by atoms with Crippen LogP contribution in [0.4, 0.5) is 4.39 Å². The Labute approximate surface area is 143 Å². The lowest BCUT2D eigenvalue weighted by Crippen LogP contribution is -2.29. The largest absolute Gasteiger partial charge is 0.271 e. The van der Waals surface area contributed by atoms with E-state index in [0.717, 1.165) is 10.6 Å². The molecular weight excluding hydrogens is 349 g/mol. The van der Waals surface area contributed by atoms with Crippen LogP contribution in [-0.2, 0) is 22.3 Å². The van der Waals surface area contributed by atoms with Gasteiger partial charge in [0, 0.05) is 18.3 Å². The van der Waals surface area contributed by atoms with E-state index in [0.29, 0.717) is 6.54 Å². The summed E-state index contributed by atoms with van der Waals surface area (Å²) in [5.41, 5.74) is 1.02. The Kier molecular flexibility index (Phi) is 5.08. The van der Waals surface area contributed by atoms with Crippen LogP contribution in [0.15, 0.2) is 54.0 Å². The van der Waals surface area contributed by atoms with Crippen molar-refractivity contribution in [2.75, 3.05) is 6.54 Å². The molecule has 3 rings (SSSR count). The standard InChI is InChI=1S/C16H16FN3O2S2/c17-14-5-2-1-4-13(14)12-24(21,22)18-8-10-20-9-7-15(19-20)16-6-3-11-23-16/h1-7,9,11,18H,8,10,12H2. The van der Waals surface area contributed by atoms with Gasteiger partial charge in [0.15, 0.2) is 0 Å². The molecule has 0 spiro atoms. The molecule has 0 amide bonds. The van der Waals surface area contributed by atoms with Crippen LogP contribution >= 0.6 is 11.3 Å². The average molecular weight is 365 g/mol. The zero-order valence-corrected chi connectivity index (χ0v) is 14.4. The van der Waals surface area contributed by atoms with E-state index in [4.69, 9.17) is 0 Å². The summed E-state index contributed by atoms with van der Waals surface area (Å²) in [6.45, 7) is 0.601. The number of hydrogen-bond acceptors (Lipinski definition) is 4. The molecule has 0 aliphatic carbocycles. The van der Waals surface area contributed by atoms with Crippen LogP contribution in [0.2, 0.25) is 0 Å². The Hall–Kier alpha value is -2.03. The maximum absolute atomic E-state index is 13.5.